The summed E-state index contributed by atoms with van der Waals surface area (Å²) in [6.45, 7) is -0.0814. The predicted molar refractivity (Wildman–Crippen MR) is 191 cm³/mol. The van der Waals surface area contributed by atoms with Gasteiger partial charge in [-0.3, -0.25) is 24.1 Å². The fourth-order valence-electron chi connectivity index (χ4n) is 6.66. The first-order chi connectivity index (χ1) is 25.3. The number of rotatable bonds is 16. The van der Waals surface area contributed by atoms with Gasteiger partial charge in [0.2, 0.25) is 12.7 Å². The van der Waals surface area contributed by atoms with Crippen LogP contribution in [0.4, 0.5) is 0 Å². The van der Waals surface area contributed by atoms with E-state index in [4.69, 9.17) is 14.2 Å². The second-order valence-corrected chi connectivity index (χ2v) is 13.4. The Kier molecular flexibility index (Phi) is 10.5. The number of nitrogens with one attached hydrogen (secondary N) is 1. The number of fused-ring (bicyclic) bond motifs is 2. The van der Waals surface area contributed by atoms with Gasteiger partial charge in [-0.2, -0.15) is 0 Å². The van der Waals surface area contributed by atoms with Crippen molar-refractivity contribution in [1.29, 1.82) is 0 Å². The van der Waals surface area contributed by atoms with Crippen LogP contribution in [0.5, 0.6) is 17.2 Å². The fraction of sp³-hybridized carbons (Fsp3) is 0.317. The number of nitrogens with zero attached hydrogens (tertiary/aromatic N) is 2. The summed E-state index contributed by atoms with van der Waals surface area (Å²) in [5.41, 5.74) is 3.62. The number of carbonyl (C=O) groups excluding carboxylic acids is 4. The first kappa shape index (κ1) is 34.8. The van der Waals surface area contributed by atoms with Crippen molar-refractivity contribution in [2.24, 2.45) is 0 Å². The van der Waals surface area contributed by atoms with Gasteiger partial charge in [0.15, 0.2) is 18.1 Å². The van der Waals surface area contributed by atoms with E-state index in [9.17, 15) is 24.3 Å². The number of ether oxygens (including phenoxy) is 3. The molecule has 1 saturated carbocycles. The standard InChI is InChI=1S/C41H41N3O8/c45-35(34(21-27-7-2-1-3-8-27)42-38(46)25-50-31-10-6-9-30(23-31)29-14-15-29)24-43(19-17-28-13-16-36-37(22-28)52-26-51-36)39(47)18-20-44-40(48)32-11-4-5-12-33(32)41(44)49/h1-13,16,22-23,29,34-35,45H,14-15,17-21,24-26H2,(H,42,46). The maximum absolute atomic E-state index is 13.9. The highest BCUT2D eigenvalue weighted by molar-refractivity contribution is 6.21. The van der Waals surface area contributed by atoms with E-state index in [1.165, 1.54) is 10.5 Å². The van der Waals surface area contributed by atoms with Gasteiger partial charge in [0.1, 0.15) is 5.75 Å². The van der Waals surface area contributed by atoms with E-state index in [1.807, 2.05) is 66.7 Å². The van der Waals surface area contributed by atoms with Crippen molar-refractivity contribution in [3.8, 4) is 17.2 Å². The van der Waals surface area contributed by atoms with E-state index >= 15 is 0 Å². The molecule has 0 bridgehead atoms. The molecule has 2 heterocycles. The second-order valence-electron chi connectivity index (χ2n) is 13.4. The van der Waals surface area contributed by atoms with Crippen LogP contribution in [-0.4, -0.2) is 83.7 Å². The van der Waals surface area contributed by atoms with Crippen LogP contribution in [0.3, 0.4) is 0 Å². The third-order valence-electron chi connectivity index (χ3n) is 9.68. The van der Waals surface area contributed by atoms with Gasteiger partial charge in [-0.15, -0.1) is 0 Å². The number of hydrogen-bond acceptors (Lipinski definition) is 8. The Bertz CT molecular complexity index is 1910. The molecule has 2 unspecified atom stereocenters. The molecule has 2 N–H and O–H groups in total. The molecule has 4 aromatic rings. The van der Waals surface area contributed by atoms with Crippen LogP contribution < -0.4 is 19.5 Å². The lowest BCUT2D eigenvalue weighted by Gasteiger charge is -2.31. The third-order valence-corrected chi connectivity index (χ3v) is 9.68. The molecule has 2 aliphatic heterocycles. The molecule has 3 aliphatic rings. The Labute approximate surface area is 302 Å². The minimum absolute atomic E-state index is 0.104. The zero-order valence-electron chi connectivity index (χ0n) is 28.7. The van der Waals surface area contributed by atoms with Crippen molar-refractivity contribution in [3.05, 3.63) is 125 Å². The lowest BCUT2D eigenvalue weighted by Crippen LogP contribution is -2.52. The molecule has 4 amide bonds. The van der Waals surface area contributed by atoms with Crippen molar-refractivity contribution in [3.63, 3.8) is 0 Å². The van der Waals surface area contributed by atoms with E-state index in [1.54, 1.807) is 24.3 Å². The summed E-state index contributed by atoms with van der Waals surface area (Å²) >= 11 is 0. The van der Waals surface area contributed by atoms with Crippen LogP contribution in [0.2, 0.25) is 0 Å². The Morgan fingerprint density at radius 3 is 2.35 bits per heavy atom. The molecule has 0 saturated heterocycles. The Hall–Kier alpha value is -5.68. The first-order valence-electron chi connectivity index (χ1n) is 17.7. The number of aliphatic hydroxyl groups excluding tert-OH is 1. The molecule has 1 aliphatic carbocycles. The van der Waals surface area contributed by atoms with Crippen molar-refractivity contribution in [2.45, 2.75) is 50.2 Å². The number of amides is 4. The van der Waals surface area contributed by atoms with Crippen molar-refractivity contribution >= 4 is 23.6 Å². The van der Waals surface area contributed by atoms with E-state index in [-0.39, 0.29) is 45.4 Å². The van der Waals surface area contributed by atoms with Crippen molar-refractivity contribution < 1.29 is 38.5 Å². The Morgan fingerprint density at radius 2 is 1.60 bits per heavy atom. The number of imide groups is 1. The van der Waals surface area contributed by atoms with Gasteiger partial charge in [0.05, 0.1) is 23.3 Å². The average Bonchev–Trinajstić information content (AvgIpc) is 3.87. The fourth-order valence-corrected chi connectivity index (χ4v) is 6.66. The number of aliphatic hydroxyl groups is 1. The molecule has 11 heteroatoms. The van der Waals surface area contributed by atoms with E-state index in [2.05, 4.69) is 11.4 Å². The smallest absolute Gasteiger partial charge is 0.261 e. The van der Waals surface area contributed by atoms with Crippen molar-refractivity contribution in [2.75, 3.05) is 33.0 Å². The molecule has 11 nitrogen and oxygen atoms in total. The predicted octanol–water partition coefficient (Wildman–Crippen LogP) is 4.52. The van der Waals surface area contributed by atoms with Gasteiger partial charge >= 0.3 is 0 Å². The SMILES string of the molecule is O=C(COc1cccc(C2CC2)c1)NC(Cc1ccccc1)C(O)CN(CCc1ccc2c(c1)OCO2)C(=O)CCN1C(=O)c2ccccc2C1=O. The molecule has 4 aromatic carbocycles. The van der Waals surface area contributed by atoms with Crippen LogP contribution in [0.15, 0.2) is 97.1 Å². The van der Waals surface area contributed by atoms with Crippen LogP contribution in [0.1, 0.15) is 62.6 Å². The summed E-state index contributed by atoms with van der Waals surface area (Å²) in [5, 5.41) is 14.7. The lowest BCUT2D eigenvalue weighted by molar-refractivity contribution is -0.133. The van der Waals surface area contributed by atoms with Crippen molar-refractivity contribution in [1.82, 2.24) is 15.1 Å². The highest BCUT2D eigenvalue weighted by Crippen LogP contribution is 2.41. The van der Waals surface area contributed by atoms with Gasteiger partial charge in [0, 0.05) is 26.1 Å². The zero-order chi connectivity index (χ0) is 36.0. The van der Waals surface area contributed by atoms with Gasteiger partial charge < -0.3 is 29.5 Å². The molecule has 52 heavy (non-hydrogen) atoms. The summed E-state index contributed by atoms with van der Waals surface area (Å²) in [5.74, 6) is 0.796. The van der Waals surface area contributed by atoms with Crippen LogP contribution >= 0.6 is 0 Å². The molecule has 0 radical (unpaired) electrons. The molecule has 7 rings (SSSR count). The summed E-state index contributed by atoms with van der Waals surface area (Å²) in [7, 11) is 0. The summed E-state index contributed by atoms with van der Waals surface area (Å²) < 4.78 is 16.8. The summed E-state index contributed by atoms with van der Waals surface area (Å²) in [6.07, 6.45) is 1.75. The van der Waals surface area contributed by atoms with E-state index in [0.29, 0.717) is 47.1 Å². The molecule has 1 fully saturated rings. The summed E-state index contributed by atoms with van der Waals surface area (Å²) in [6, 6.07) is 28.7. The minimum Gasteiger partial charge on any atom is -0.484 e. The Balaban J connectivity index is 1.04. The third kappa shape index (κ3) is 8.26. The van der Waals surface area contributed by atoms with Gasteiger partial charge in [0.25, 0.3) is 17.7 Å². The van der Waals surface area contributed by atoms with E-state index in [0.717, 1.165) is 28.9 Å². The second kappa shape index (κ2) is 15.7. The molecular weight excluding hydrogens is 662 g/mol. The van der Waals surface area contributed by atoms with E-state index < -0.39 is 29.9 Å². The van der Waals surface area contributed by atoms with Crippen LogP contribution in [0.25, 0.3) is 0 Å². The Morgan fingerprint density at radius 1 is 0.865 bits per heavy atom. The quantitative estimate of drug-likeness (QED) is 0.163. The molecule has 0 spiro atoms. The number of benzene rings is 4. The number of hydrogen-bond donors (Lipinski definition) is 2. The first-order valence-corrected chi connectivity index (χ1v) is 17.7. The lowest BCUT2D eigenvalue weighted by atomic mass is 10.00. The maximum Gasteiger partial charge on any atom is 0.261 e. The highest BCUT2D eigenvalue weighted by Gasteiger charge is 2.36. The van der Waals surface area contributed by atoms with Crippen LogP contribution in [0, 0.1) is 0 Å². The van der Waals surface area contributed by atoms with Gasteiger partial charge in [-0.05, 0) is 84.7 Å². The zero-order valence-corrected chi connectivity index (χ0v) is 28.7. The highest BCUT2D eigenvalue weighted by atomic mass is 16.7. The van der Waals surface area contributed by atoms with Gasteiger partial charge in [-0.25, -0.2) is 0 Å². The molecule has 2 atom stereocenters. The minimum atomic E-state index is -1.16. The summed E-state index contributed by atoms with van der Waals surface area (Å²) in [4.78, 5) is 55.8. The van der Waals surface area contributed by atoms with Crippen LogP contribution in [-0.2, 0) is 22.4 Å². The van der Waals surface area contributed by atoms with Gasteiger partial charge in [-0.1, -0.05) is 60.7 Å². The average molecular weight is 704 g/mol. The monoisotopic (exact) mass is 703 g/mol. The molecule has 0 aromatic heterocycles. The molecular formula is C41H41N3O8. The molecule has 268 valence electrons. The topological polar surface area (TPSA) is 135 Å². The largest absolute Gasteiger partial charge is 0.484 e. The maximum atomic E-state index is 13.9. The normalized spacial score (nSPS) is 15.6. The number of carbonyl (C=O) groups is 4.